The van der Waals surface area contributed by atoms with Crippen molar-refractivity contribution in [1.29, 1.82) is 0 Å². The molecule has 5 nitrogen and oxygen atoms in total. The molecule has 1 aliphatic carbocycles. The topological polar surface area (TPSA) is 47.4 Å². The smallest absolute Gasteiger partial charge is 0.251 e. The van der Waals surface area contributed by atoms with Gasteiger partial charge in [0.1, 0.15) is 5.82 Å². The van der Waals surface area contributed by atoms with Gasteiger partial charge in [-0.25, -0.2) is 4.39 Å². The van der Waals surface area contributed by atoms with Gasteiger partial charge in [-0.1, -0.05) is 29.8 Å². The van der Waals surface area contributed by atoms with E-state index >= 15 is 0 Å². The zero-order valence-electron chi connectivity index (χ0n) is 18.6. The Labute approximate surface area is 197 Å². The molecule has 170 valence electrons. The lowest BCUT2D eigenvalue weighted by molar-refractivity contribution is -0.00523. The molecule has 2 aliphatic rings. The number of benzene rings is 1. The predicted octanol–water partition coefficient (Wildman–Crippen LogP) is 4.69. The number of hydrogen-bond acceptors (Lipinski definition) is 4. The van der Waals surface area contributed by atoms with Crippen molar-refractivity contribution in [2.75, 3.05) is 18.0 Å². The summed E-state index contributed by atoms with van der Waals surface area (Å²) >= 11 is 5.88. The predicted molar refractivity (Wildman–Crippen MR) is 128 cm³/mol. The zero-order valence-corrected chi connectivity index (χ0v) is 19.3. The molecule has 0 unspecified atom stereocenters. The summed E-state index contributed by atoms with van der Waals surface area (Å²) < 4.78 is 21.6. The van der Waals surface area contributed by atoms with E-state index < -0.39 is 5.82 Å². The van der Waals surface area contributed by atoms with E-state index in [-0.39, 0.29) is 29.3 Å². The van der Waals surface area contributed by atoms with Gasteiger partial charge in [-0.3, -0.25) is 9.78 Å². The minimum Gasteiger partial charge on any atom is -0.372 e. The molecule has 1 saturated heterocycles. The summed E-state index contributed by atoms with van der Waals surface area (Å²) in [6.45, 7) is 5.93. The molecule has 0 N–H and O–H groups in total. The molecule has 3 aromatic rings. The number of rotatable bonds is 4. The van der Waals surface area contributed by atoms with Gasteiger partial charge >= 0.3 is 0 Å². The maximum atomic E-state index is 14.3. The van der Waals surface area contributed by atoms with Crippen LogP contribution in [0.15, 0.2) is 59.7 Å². The summed E-state index contributed by atoms with van der Waals surface area (Å²) in [5, 5.41) is 0.0530. The molecule has 0 radical (unpaired) electrons. The van der Waals surface area contributed by atoms with E-state index in [1.165, 1.54) is 10.6 Å². The molecular weight excluding hydrogens is 441 g/mol. The van der Waals surface area contributed by atoms with Gasteiger partial charge in [-0.2, -0.15) is 0 Å². The van der Waals surface area contributed by atoms with Crippen LogP contribution in [0.1, 0.15) is 36.2 Å². The van der Waals surface area contributed by atoms with Crippen LogP contribution in [0.2, 0.25) is 5.02 Å². The van der Waals surface area contributed by atoms with Crippen LogP contribution in [0.4, 0.5) is 10.1 Å². The molecule has 5 rings (SSSR count). The molecular formula is C26H25ClFN3O2. The van der Waals surface area contributed by atoms with Gasteiger partial charge in [0.15, 0.2) is 0 Å². The average Bonchev–Trinajstić information content (AvgIpc) is 3.21. The largest absolute Gasteiger partial charge is 0.372 e. The monoisotopic (exact) mass is 465 g/mol. The third-order valence-corrected chi connectivity index (χ3v) is 6.50. The summed E-state index contributed by atoms with van der Waals surface area (Å²) in [4.78, 5) is 19.8. The van der Waals surface area contributed by atoms with Crippen molar-refractivity contribution in [3.05, 3.63) is 98.4 Å². The highest BCUT2D eigenvalue weighted by Crippen LogP contribution is 2.34. The quantitative estimate of drug-likeness (QED) is 0.561. The first-order valence-electron chi connectivity index (χ1n) is 11.1. The molecule has 0 bridgehead atoms. The Kier molecular flexibility index (Phi) is 5.81. The van der Waals surface area contributed by atoms with Crippen molar-refractivity contribution < 1.29 is 9.13 Å². The van der Waals surface area contributed by atoms with Crippen LogP contribution in [0.25, 0.3) is 5.57 Å². The van der Waals surface area contributed by atoms with Crippen molar-refractivity contribution >= 4 is 22.9 Å². The second kappa shape index (κ2) is 8.76. The van der Waals surface area contributed by atoms with E-state index in [0.29, 0.717) is 5.56 Å². The number of morpholine rings is 1. The second-order valence-electron chi connectivity index (χ2n) is 8.77. The molecule has 0 spiro atoms. The highest BCUT2D eigenvalue weighted by molar-refractivity contribution is 6.30. The number of pyridine rings is 2. The Bertz CT molecular complexity index is 1290. The Balaban J connectivity index is 1.42. The van der Waals surface area contributed by atoms with Gasteiger partial charge in [0.25, 0.3) is 5.56 Å². The summed E-state index contributed by atoms with van der Waals surface area (Å²) in [6, 6.07) is 10.5. The van der Waals surface area contributed by atoms with E-state index in [1.54, 1.807) is 24.4 Å². The van der Waals surface area contributed by atoms with Crippen molar-refractivity contribution in [3.8, 4) is 0 Å². The number of halogens is 2. The van der Waals surface area contributed by atoms with Crippen LogP contribution in [0, 0.1) is 5.82 Å². The Hall–Kier alpha value is -2.96. The Morgan fingerprint density at radius 1 is 1.18 bits per heavy atom. The van der Waals surface area contributed by atoms with Crippen LogP contribution in [0.3, 0.4) is 0 Å². The van der Waals surface area contributed by atoms with Gasteiger partial charge in [-0.15, -0.1) is 0 Å². The fourth-order valence-electron chi connectivity index (χ4n) is 4.68. The molecule has 0 amide bonds. The third-order valence-electron chi connectivity index (χ3n) is 6.21. The molecule has 1 fully saturated rings. The van der Waals surface area contributed by atoms with E-state index in [9.17, 15) is 9.18 Å². The average molecular weight is 466 g/mol. The van der Waals surface area contributed by atoms with E-state index in [1.807, 2.05) is 12.3 Å². The van der Waals surface area contributed by atoms with Crippen LogP contribution < -0.4 is 10.5 Å². The molecule has 0 saturated carbocycles. The molecule has 2 atom stereocenters. The molecule has 7 heteroatoms. The minimum atomic E-state index is -0.493. The second-order valence-corrected chi connectivity index (χ2v) is 9.17. The van der Waals surface area contributed by atoms with Crippen LogP contribution in [-0.2, 0) is 17.7 Å². The fourth-order valence-corrected chi connectivity index (χ4v) is 4.88. The minimum absolute atomic E-state index is 0.0530. The van der Waals surface area contributed by atoms with E-state index in [2.05, 4.69) is 30.9 Å². The number of ether oxygens (including phenoxy) is 1. The van der Waals surface area contributed by atoms with Gasteiger partial charge in [0.2, 0.25) is 0 Å². The third kappa shape index (κ3) is 4.33. The van der Waals surface area contributed by atoms with Crippen molar-refractivity contribution in [2.24, 2.45) is 0 Å². The first kappa shape index (κ1) is 21.9. The molecule has 33 heavy (non-hydrogen) atoms. The highest BCUT2D eigenvalue weighted by Gasteiger charge is 2.25. The van der Waals surface area contributed by atoms with Gasteiger partial charge in [0, 0.05) is 42.9 Å². The summed E-state index contributed by atoms with van der Waals surface area (Å²) in [5.41, 5.74) is 5.15. The Morgan fingerprint density at radius 2 is 1.97 bits per heavy atom. The molecule has 1 aromatic carbocycles. The number of anilines is 1. The van der Waals surface area contributed by atoms with Crippen molar-refractivity contribution in [2.45, 2.75) is 39.0 Å². The fraction of sp³-hybridized carbons (Fsp3) is 0.308. The summed E-state index contributed by atoms with van der Waals surface area (Å²) in [6.07, 6.45) is 6.81. The molecule has 3 heterocycles. The molecule has 1 aliphatic heterocycles. The number of fused-ring (bicyclic) bond motifs is 1. The van der Waals surface area contributed by atoms with Crippen LogP contribution in [0.5, 0.6) is 0 Å². The summed E-state index contributed by atoms with van der Waals surface area (Å²) in [5.74, 6) is -0.493. The van der Waals surface area contributed by atoms with Gasteiger partial charge < -0.3 is 14.2 Å². The van der Waals surface area contributed by atoms with Crippen LogP contribution >= 0.6 is 11.6 Å². The maximum absolute atomic E-state index is 14.3. The zero-order chi connectivity index (χ0) is 23.1. The standard InChI is InChI=1S/C26H25ClFN3O2/c1-16-13-31(14-17(2)33-16)20-11-22-21(6-7-24(22)29-12-20)18-8-9-30(25(32)10-18)15-19-4-3-5-23(27)26(19)28/h3-6,8-12,16-17H,7,13-15H2,1-2H3/t16-,17-/m1/s1. The SMILES string of the molecule is C[C@@H]1CN(c2cnc3c(c2)C(c2ccn(Cc4cccc(Cl)c4F)c(=O)c2)=CC3)C[C@@H](C)O1. The summed E-state index contributed by atoms with van der Waals surface area (Å²) in [7, 11) is 0. The van der Waals surface area contributed by atoms with Crippen LogP contribution in [-0.4, -0.2) is 34.8 Å². The number of nitrogens with zero attached hydrogens (tertiary/aromatic N) is 3. The van der Waals surface area contributed by atoms with Crippen molar-refractivity contribution in [1.82, 2.24) is 9.55 Å². The lowest BCUT2D eigenvalue weighted by Gasteiger charge is -2.36. The highest BCUT2D eigenvalue weighted by atomic mass is 35.5. The first-order chi connectivity index (χ1) is 15.9. The number of hydrogen-bond donors (Lipinski definition) is 0. The van der Waals surface area contributed by atoms with Crippen molar-refractivity contribution in [3.63, 3.8) is 0 Å². The first-order valence-corrected chi connectivity index (χ1v) is 11.5. The van der Waals surface area contributed by atoms with Gasteiger partial charge in [-0.05, 0) is 43.2 Å². The van der Waals surface area contributed by atoms with E-state index in [0.717, 1.165) is 47.6 Å². The lowest BCUT2D eigenvalue weighted by atomic mass is 10.0. The maximum Gasteiger partial charge on any atom is 0.251 e. The lowest BCUT2D eigenvalue weighted by Crippen LogP contribution is -2.45. The van der Waals surface area contributed by atoms with Gasteiger partial charge in [0.05, 0.1) is 41.4 Å². The Morgan fingerprint density at radius 3 is 2.73 bits per heavy atom. The normalized spacial score (nSPS) is 20.0. The molecule has 2 aromatic heterocycles. The number of aromatic nitrogens is 2. The number of allylic oxidation sites excluding steroid dienone is 1. The van der Waals surface area contributed by atoms with E-state index in [4.69, 9.17) is 21.3 Å².